The number of ether oxygens (including phenoxy) is 5. The van der Waals surface area contributed by atoms with Crippen LogP contribution in [0, 0.1) is 0 Å². The van der Waals surface area contributed by atoms with Gasteiger partial charge in [-0.3, -0.25) is 0 Å². The second-order valence-electron chi connectivity index (χ2n) is 14.2. The Morgan fingerprint density at radius 1 is 0.500 bits per heavy atom. The molecule has 1 saturated heterocycles. The van der Waals surface area contributed by atoms with Crippen molar-refractivity contribution in [2.45, 2.75) is 63.4 Å². The Bertz CT molecular complexity index is 2220. The average molecular weight is 781 g/mol. The quantitative estimate of drug-likeness (QED) is 0.0977. The monoisotopic (exact) mass is 780 g/mol. The van der Waals surface area contributed by atoms with Crippen LogP contribution in [0.4, 0.5) is 0 Å². The van der Waals surface area contributed by atoms with E-state index < -0.39 is 30.5 Å². The van der Waals surface area contributed by atoms with Crippen LogP contribution >= 0.6 is 22.9 Å². The highest BCUT2D eigenvalue weighted by atomic mass is 35.5. The molecule has 7 heteroatoms. The molecule has 8 rings (SSSR count). The first kappa shape index (κ1) is 38.3. The van der Waals surface area contributed by atoms with Crippen LogP contribution in [-0.4, -0.2) is 31.0 Å². The summed E-state index contributed by atoms with van der Waals surface area (Å²) in [5.41, 5.74) is 6.24. The maximum absolute atomic E-state index is 7.19. The van der Waals surface area contributed by atoms with E-state index in [4.69, 9.17) is 35.3 Å². The van der Waals surface area contributed by atoms with Crippen molar-refractivity contribution in [2.24, 2.45) is 0 Å². The lowest BCUT2D eigenvalue weighted by Gasteiger charge is -2.46. The number of thiophene rings is 1. The maximum atomic E-state index is 7.19. The van der Waals surface area contributed by atoms with Gasteiger partial charge in [0.1, 0.15) is 30.5 Å². The van der Waals surface area contributed by atoms with Crippen LogP contribution in [0.5, 0.6) is 0 Å². The van der Waals surface area contributed by atoms with Crippen molar-refractivity contribution in [3.05, 3.63) is 213 Å². The number of rotatable bonds is 16. The molecular weight excluding hydrogens is 736 g/mol. The van der Waals surface area contributed by atoms with E-state index in [9.17, 15) is 0 Å². The predicted molar refractivity (Wildman–Crippen MR) is 225 cm³/mol. The third-order valence-electron chi connectivity index (χ3n) is 10.1. The summed E-state index contributed by atoms with van der Waals surface area (Å²) in [4.78, 5) is 1.28. The fraction of sp³-hybridized carbons (Fsp3) is 0.224. The molecule has 0 aliphatic carbocycles. The summed E-state index contributed by atoms with van der Waals surface area (Å²) in [7, 11) is 0. The predicted octanol–water partition coefficient (Wildman–Crippen LogP) is 11.6. The fourth-order valence-electron chi connectivity index (χ4n) is 7.29. The summed E-state index contributed by atoms with van der Waals surface area (Å²) in [6, 6.07) is 57.9. The molecule has 1 aliphatic heterocycles. The SMILES string of the molecule is Clc1ccc(Cc2cc3ccccc3s2)cc1[C@@H]1O[C@H](COCc2ccccc2)[C@@H](OCc2ccccc2)[C@H](OCc2ccccc2)[C@H]1OCc1ccccc1. The largest absolute Gasteiger partial charge is 0.374 e. The zero-order valence-electron chi connectivity index (χ0n) is 31.1. The van der Waals surface area contributed by atoms with E-state index >= 15 is 0 Å². The lowest BCUT2D eigenvalue weighted by molar-refractivity contribution is -0.275. The highest BCUT2D eigenvalue weighted by molar-refractivity contribution is 7.19. The molecule has 56 heavy (non-hydrogen) atoms. The summed E-state index contributed by atoms with van der Waals surface area (Å²) >= 11 is 8.99. The molecule has 0 N–H and O–H groups in total. The molecule has 0 spiro atoms. The Morgan fingerprint density at radius 2 is 1.02 bits per heavy atom. The van der Waals surface area contributed by atoms with E-state index in [1.807, 2.05) is 90.2 Å². The smallest absolute Gasteiger partial charge is 0.117 e. The summed E-state index contributed by atoms with van der Waals surface area (Å²) in [5.74, 6) is 0. The lowest BCUT2D eigenvalue weighted by Crippen LogP contribution is -2.58. The standard InChI is InChI=1S/C49H45ClO5S/c50-43-26-25-39(27-41-29-40-23-13-14-24-45(40)56-41)28-42(43)46-48(53-32-37-19-9-3-10-20-37)49(54-33-38-21-11-4-12-22-38)47(52-31-36-17-7-2-8-18-36)44(55-46)34-51-30-35-15-5-1-6-16-35/h1-26,28-29,44,46-49H,27,30-34H2/t44-,46+,47-,48+,49+/m1/s1. The van der Waals surface area contributed by atoms with Crippen molar-refractivity contribution in [1.82, 2.24) is 0 Å². The number of fused-ring (bicyclic) bond motifs is 1. The van der Waals surface area contributed by atoms with Gasteiger partial charge in [-0.25, -0.2) is 0 Å². The molecule has 5 nitrogen and oxygen atoms in total. The molecule has 284 valence electrons. The topological polar surface area (TPSA) is 46.2 Å². The summed E-state index contributed by atoms with van der Waals surface area (Å²) < 4.78 is 35.7. The molecule has 0 radical (unpaired) electrons. The van der Waals surface area contributed by atoms with Crippen LogP contribution in [0.2, 0.25) is 5.02 Å². The number of hydrogen-bond acceptors (Lipinski definition) is 6. The van der Waals surface area contributed by atoms with Crippen LogP contribution < -0.4 is 0 Å². The van der Waals surface area contributed by atoms with E-state index in [1.54, 1.807) is 0 Å². The van der Waals surface area contributed by atoms with E-state index in [0.29, 0.717) is 31.5 Å². The molecular formula is C49H45ClO5S. The van der Waals surface area contributed by atoms with Gasteiger partial charge in [-0.2, -0.15) is 0 Å². The first-order chi connectivity index (χ1) is 27.7. The van der Waals surface area contributed by atoms with Gasteiger partial charge in [-0.1, -0.05) is 163 Å². The minimum absolute atomic E-state index is 0.278. The zero-order chi connectivity index (χ0) is 37.9. The van der Waals surface area contributed by atoms with Gasteiger partial charge in [-0.15, -0.1) is 11.3 Å². The van der Waals surface area contributed by atoms with Gasteiger partial charge >= 0.3 is 0 Å². The van der Waals surface area contributed by atoms with Gasteiger partial charge in [0.15, 0.2) is 0 Å². The van der Waals surface area contributed by atoms with Crippen molar-refractivity contribution < 1.29 is 23.7 Å². The molecule has 1 aromatic heterocycles. The number of benzene rings is 6. The highest BCUT2D eigenvalue weighted by Gasteiger charge is 2.49. The van der Waals surface area contributed by atoms with Crippen LogP contribution in [0.15, 0.2) is 170 Å². The Morgan fingerprint density at radius 3 is 1.61 bits per heavy atom. The molecule has 2 heterocycles. The van der Waals surface area contributed by atoms with E-state index in [0.717, 1.165) is 39.8 Å². The highest BCUT2D eigenvalue weighted by Crippen LogP contribution is 2.41. The van der Waals surface area contributed by atoms with Crippen molar-refractivity contribution in [3.8, 4) is 0 Å². The van der Waals surface area contributed by atoms with Crippen molar-refractivity contribution in [2.75, 3.05) is 6.61 Å². The van der Waals surface area contributed by atoms with E-state index in [1.165, 1.54) is 15.0 Å². The average Bonchev–Trinajstić information content (AvgIpc) is 3.66. The Labute approximate surface area is 338 Å². The fourth-order valence-corrected chi connectivity index (χ4v) is 8.61. The second-order valence-corrected chi connectivity index (χ2v) is 15.7. The maximum Gasteiger partial charge on any atom is 0.117 e. The molecule has 1 fully saturated rings. The molecule has 5 atom stereocenters. The van der Waals surface area contributed by atoms with Gasteiger partial charge < -0.3 is 23.7 Å². The van der Waals surface area contributed by atoms with Gasteiger partial charge in [-0.05, 0) is 51.4 Å². The van der Waals surface area contributed by atoms with E-state index in [-0.39, 0.29) is 6.61 Å². The molecule has 0 saturated carbocycles. The van der Waals surface area contributed by atoms with Gasteiger partial charge in [0.2, 0.25) is 0 Å². The summed E-state index contributed by atoms with van der Waals surface area (Å²) in [6.45, 7) is 1.81. The van der Waals surface area contributed by atoms with Crippen LogP contribution in [0.25, 0.3) is 10.1 Å². The minimum atomic E-state index is -0.587. The number of halogens is 1. The first-order valence-corrected chi connectivity index (χ1v) is 20.4. The molecule has 1 aliphatic rings. The molecule has 7 aromatic rings. The third-order valence-corrected chi connectivity index (χ3v) is 11.6. The van der Waals surface area contributed by atoms with E-state index in [2.05, 4.69) is 91.0 Å². The first-order valence-electron chi connectivity index (χ1n) is 19.2. The van der Waals surface area contributed by atoms with Crippen molar-refractivity contribution in [1.29, 1.82) is 0 Å². The van der Waals surface area contributed by atoms with Gasteiger partial charge in [0, 0.05) is 26.6 Å². The lowest BCUT2D eigenvalue weighted by atomic mass is 9.89. The zero-order valence-corrected chi connectivity index (χ0v) is 32.7. The van der Waals surface area contributed by atoms with Crippen LogP contribution in [-0.2, 0) is 56.5 Å². The normalized spacial score (nSPS) is 19.6. The summed E-state index contributed by atoms with van der Waals surface area (Å²) in [5, 5.41) is 1.86. The van der Waals surface area contributed by atoms with Crippen LogP contribution in [0.1, 0.15) is 44.4 Å². The van der Waals surface area contributed by atoms with Gasteiger partial charge in [0.05, 0.1) is 33.0 Å². The van der Waals surface area contributed by atoms with Gasteiger partial charge in [0.25, 0.3) is 0 Å². The molecule has 0 bridgehead atoms. The Balaban J connectivity index is 1.17. The summed E-state index contributed by atoms with van der Waals surface area (Å²) in [6.07, 6.45) is -1.99. The van der Waals surface area contributed by atoms with Crippen molar-refractivity contribution >= 4 is 33.0 Å². The minimum Gasteiger partial charge on any atom is -0.374 e. The molecule has 0 amide bonds. The van der Waals surface area contributed by atoms with Crippen molar-refractivity contribution in [3.63, 3.8) is 0 Å². The van der Waals surface area contributed by atoms with Crippen LogP contribution in [0.3, 0.4) is 0 Å². The number of hydrogen-bond donors (Lipinski definition) is 0. The molecule has 0 unspecified atom stereocenters. The Kier molecular flexibility index (Phi) is 13.0. The molecule has 6 aromatic carbocycles. The third kappa shape index (κ3) is 9.84. The second kappa shape index (κ2) is 19.0. The Hall–Kier alpha value is -4.63.